The van der Waals surface area contributed by atoms with E-state index in [0.717, 1.165) is 6.07 Å². The summed E-state index contributed by atoms with van der Waals surface area (Å²) in [6.07, 6.45) is 0. The van der Waals surface area contributed by atoms with Gasteiger partial charge in [0.1, 0.15) is 17.3 Å². The zero-order chi connectivity index (χ0) is 27.8. The smallest absolute Gasteiger partial charge is 0.256 e. The van der Waals surface area contributed by atoms with Gasteiger partial charge in [-0.15, -0.1) is 10.2 Å². The molecule has 39 heavy (non-hydrogen) atoms. The number of halogens is 2. The minimum Gasteiger partial charge on any atom is -0.497 e. The van der Waals surface area contributed by atoms with Crippen molar-refractivity contribution in [1.82, 2.24) is 20.1 Å². The van der Waals surface area contributed by atoms with Gasteiger partial charge in [0.2, 0.25) is 5.91 Å². The first kappa shape index (κ1) is 27.9. The van der Waals surface area contributed by atoms with Gasteiger partial charge >= 0.3 is 0 Å². The Labute approximate surface area is 233 Å². The number of nitrogens with zero attached hydrogens (tertiary/aromatic N) is 3. The number of anilines is 1. The van der Waals surface area contributed by atoms with Crippen molar-refractivity contribution < 1.29 is 23.5 Å². The number of amides is 2. The van der Waals surface area contributed by atoms with E-state index in [2.05, 4.69) is 20.8 Å². The van der Waals surface area contributed by atoms with E-state index in [1.54, 1.807) is 48.1 Å². The number of ether oxygens (including phenoxy) is 2. The van der Waals surface area contributed by atoms with Crippen LogP contribution in [0.1, 0.15) is 23.1 Å². The van der Waals surface area contributed by atoms with Crippen LogP contribution >= 0.6 is 23.4 Å². The van der Waals surface area contributed by atoms with Gasteiger partial charge in [-0.05, 0) is 67.6 Å². The number of hydrogen-bond acceptors (Lipinski definition) is 7. The number of carbonyl (C=O) groups excluding carboxylic acids is 2. The van der Waals surface area contributed by atoms with Gasteiger partial charge in [-0.2, -0.15) is 0 Å². The molecular formula is C27H25ClFN5O4S. The van der Waals surface area contributed by atoms with Gasteiger partial charge in [-0.1, -0.05) is 29.4 Å². The molecule has 2 N–H and O–H groups in total. The summed E-state index contributed by atoms with van der Waals surface area (Å²) in [6, 6.07) is 18.2. The zero-order valence-corrected chi connectivity index (χ0v) is 22.7. The van der Waals surface area contributed by atoms with Gasteiger partial charge in [-0.25, -0.2) is 4.39 Å². The number of aromatic nitrogens is 3. The first-order valence-electron chi connectivity index (χ1n) is 11.9. The van der Waals surface area contributed by atoms with Crippen LogP contribution in [0.2, 0.25) is 5.02 Å². The number of nitrogens with one attached hydrogen (secondary N) is 2. The fourth-order valence-corrected chi connectivity index (χ4v) is 4.61. The Hall–Kier alpha value is -4.09. The van der Waals surface area contributed by atoms with E-state index in [1.165, 1.54) is 23.9 Å². The highest BCUT2D eigenvalue weighted by atomic mass is 35.5. The monoisotopic (exact) mass is 569 g/mol. The van der Waals surface area contributed by atoms with E-state index < -0.39 is 11.7 Å². The second-order valence-corrected chi connectivity index (χ2v) is 9.36. The predicted molar refractivity (Wildman–Crippen MR) is 147 cm³/mol. The van der Waals surface area contributed by atoms with Crippen LogP contribution in [0.4, 0.5) is 10.1 Å². The maximum atomic E-state index is 14.2. The molecule has 9 nitrogen and oxygen atoms in total. The van der Waals surface area contributed by atoms with E-state index in [4.69, 9.17) is 21.1 Å². The highest BCUT2D eigenvalue weighted by Crippen LogP contribution is 2.25. The van der Waals surface area contributed by atoms with Crippen molar-refractivity contribution in [3.8, 4) is 17.2 Å². The lowest BCUT2D eigenvalue weighted by Gasteiger charge is -2.12. The van der Waals surface area contributed by atoms with Crippen molar-refractivity contribution in [3.63, 3.8) is 0 Å². The van der Waals surface area contributed by atoms with Gasteiger partial charge in [0.25, 0.3) is 5.91 Å². The van der Waals surface area contributed by atoms with Crippen molar-refractivity contribution in [3.05, 3.63) is 89.0 Å². The third-order valence-corrected chi connectivity index (χ3v) is 6.65. The molecule has 1 heterocycles. The normalized spacial score (nSPS) is 10.7. The second-order valence-electron chi connectivity index (χ2n) is 8.01. The van der Waals surface area contributed by atoms with Gasteiger partial charge in [-0.3, -0.25) is 14.2 Å². The molecule has 0 aliphatic carbocycles. The summed E-state index contributed by atoms with van der Waals surface area (Å²) in [4.78, 5) is 25.3. The SMILES string of the molecule is CCOc1ccc(-n2c(CNC(=O)c3c(F)cccc3Cl)nnc2SCC(=O)Nc2ccc(OC)cc2)cc1. The van der Waals surface area contributed by atoms with Crippen molar-refractivity contribution >= 4 is 40.9 Å². The van der Waals surface area contributed by atoms with E-state index in [1.807, 2.05) is 19.1 Å². The summed E-state index contributed by atoms with van der Waals surface area (Å²) in [5.41, 5.74) is 1.07. The van der Waals surface area contributed by atoms with E-state index in [-0.39, 0.29) is 28.8 Å². The van der Waals surface area contributed by atoms with Crippen LogP contribution in [-0.4, -0.2) is 46.0 Å². The van der Waals surface area contributed by atoms with Crippen molar-refractivity contribution in [2.45, 2.75) is 18.6 Å². The van der Waals surface area contributed by atoms with Gasteiger partial charge in [0.15, 0.2) is 11.0 Å². The number of hydrogen-bond donors (Lipinski definition) is 2. The lowest BCUT2D eigenvalue weighted by atomic mass is 10.2. The molecule has 3 aromatic carbocycles. The molecule has 0 fully saturated rings. The van der Waals surface area contributed by atoms with Crippen molar-refractivity contribution in [1.29, 1.82) is 0 Å². The highest BCUT2D eigenvalue weighted by Gasteiger charge is 2.20. The molecule has 0 aliphatic rings. The molecule has 2 amide bonds. The van der Waals surface area contributed by atoms with Crippen molar-refractivity contribution in [2.24, 2.45) is 0 Å². The standard InChI is InChI=1S/C27H25ClFN5O4S/c1-3-38-20-13-9-18(10-14-20)34-23(15-30-26(36)25-21(28)5-4-6-22(25)29)32-33-27(34)39-16-24(35)31-17-7-11-19(37-2)12-8-17/h4-14H,3,15-16H2,1-2H3,(H,30,36)(H,31,35). The lowest BCUT2D eigenvalue weighted by Crippen LogP contribution is -2.26. The fraction of sp³-hybridized carbons (Fsp3) is 0.185. The van der Waals surface area contributed by atoms with Crippen LogP contribution in [0.15, 0.2) is 71.9 Å². The Balaban J connectivity index is 1.52. The Morgan fingerprint density at radius 1 is 1.03 bits per heavy atom. The van der Waals surface area contributed by atoms with Crippen LogP contribution in [0.25, 0.3) is 5.69 Å². The molecular weight excluding hydrogens is 545 g/mol. The summed E-state index contributed by atoms with van der Waals surface area (Å²) < 4.78 is 26.6. The summed E-state index contributed by atoms with van der Waals surface area (Å²) in [7, 11) is 1.57. The molecule has 12 heteroatoms. The second kappa shape index (κ2) is 13.1. The van der Waals surface area contributed by atoms with E-state index in [0.29, 0.717) is 40.5 Å². The predicted octanol–water partition coefficient (Wildman–Crippen LogP) is 5.13. The lowest BCUT2D eigenvalue weighted by molar-refractivity contribution is -0.113. The minimum absolute atomic E-state index is 0.000373. The van der Waals surface area contributed by atoms with Gasteiger partial charge < -0.3 is 20.1 Å². The van der Waals surface area contributed by atoms with Crippen molar-refractivity contribution in [2.75, 3.05) is 24.8 Å². The third kappa shape index (κ3) is 7.06. The third-order valence-electron chi connectivity index (χ3n) is 5.41. The number of thioether (sulfide) groups is 1. The van der Waals surface area contributed by atoms with Crippen LogP contribution in [0, 0.1) is 5.82 Å². The quantitative estimate of drug-likeness (QED) is 0.241. The van der Waals surface area contributed by atoms with Gasteiger partial charge in [0.05, 0.1) is 36.6 Å². The number of methoxy groups -OCH3 is 1. The van der Waals surface area contributed by atoms with Crippen LogP contribution in [-0.2, 0) is 11.3 Å². The first-order valence-corrected chi connectivity index (χ1v) is 13.2. The Morgan fingerprint density at radius 3 is 2.41 bits per heavy atom. The molecule has 0 radical (unpaired) electrons. The molecule has 0 aliphatic heterocycles. The summed E-state index contributed by atoms with van der Waals surface area (Å²) in [6.45, 7) is 2.34. The zero-order valence-electron chi connectivity index (χ0n) is 21.1. The molecule has 0 saturated carbocycles. The average molecular weight is 570 g/mol. The highest BCUT2D eigenvalue weighted by molar-refractivity contribution is 7.99. The molecule has 0 unspecified atom stereocenters. The summed E-state index contributed by atoms with van der Waals surface area (Å²) >= 11 is 7.20. The first-order chi connectivity index (χ1) is 18.9. The molecule has 0 atom stereocenters. The largest absolute Gasteiger partial charge is 0.497 e. The summed E-state index contributed by atoms with van der Waals surface area (Å²) in [5, 5.41) is 14.4. The number of rotatable bonds is 11. The van der Waals surface area contributed by atoms with Crippen LogP contribution in [0.3, 0.4) is 0 Å². The molecule has 0 saturated heterocycles. The Morgan fingerprint density at radius 2 is 1.74 bits per heavy atom. The van der Waals surface area contributed by atoms with Gasteiger partial charge in [0, 0.05) is 11.4 Å². The van der Waals surface area contributed by atoms with Crippen LogP contribution < -0.4 is 20.1 Å². The molecule has 4 aromatic rings. The van der Waals surface area contributed by atoms with Crippen LogP contribution in [0.5, 0.6) is 11.5 Å². The molecule has 4 rings (SSSR count). The minimum atomic E-state index is -0.730. The number of benzene rings is 3. The molecule has 0 spiro atoms. The molecule has 202 valence electrons. The Kier molecular flexibility index (Phi) is 9.40. The maximum Gasteiger partial charge on any atom is 0.256 e. The molecule has 0 bridgehead atoms. The maximum absolute atomic E-state index is 14.2. The van der Waals surface area contributed by atoms with E-state index in [9.17, 15) is 14.0 Å². The molecule has 1 aromatic heterocycles. The topological polar surface area (TPSA) is 107 Å². The average Bonchev–Trinajstić information content (AvgIpc) is 3.34. The fourth-order valence-electron chi connectivity index (χ4n) is 3.59. The Bertz CT molecular complexity index is 1430. The van der Waals surface area contributed by atoms with E-state index >= 15 is 0 Å². The number of carbonyl (C=O) groups is 2. The summed E-state index contributed by atoms with van der Waals surface area (Å²) in [5.74, 6) is 0.139.